The van der Waals surface area contributed by atoms with Gasteiger partial charge in [-0.1, -0.05) is 19.4 Å². The summed E-state index contributed by atoms with van der Waals surface area (Å²) in [5, 5.41) is 10.8. The number of hydrogen-bond acceptors (Lipinski definition) is 5. The zero-order valence-electron chi connectivity index (χ0n) is 14.0. The molecule has 6 heteroatoms. The maximum atomic E-state index is 12.3. The van der Waals surface area contributed by atoms with Gasteiger partial charge in [0.1, 0.15) is 0 Å². The summed E-state index contributed by atoms with van der Waals surface area (Å²) in [7, 11) is 1.59. The van der Waals surface area contributed by atoms with E-state index in [2.05, 4.69) is 0 Å². The molecule has 1 heterocycles. The number of pyridine rings is 1. The molecule has 24 heavy (non-hydrogen) atoms. The monoisotopic (exact) mass is 331 g/mol. The fourth-order valence-corrected chi connectivity index (χ4v) is 2.28. The molecular weight excluding hydrogens is 310 g/mol. The van der Waals surface area contributed by atoms with Gasteiger partial charge in [0.2, 0.25) is 5.75 Å². The number of esters is 1. The van der Waals surface area contributed by atoms with Gasteiger partial charge in [-0.3, -0.25) is 4.79 Å². The Kier molecular flexibility index (Phi) is 5.63. The molecule has 1 aromatic carbocycles. The van der Waals surface area contributed by atoms with E-state index < -0.39 is 11.5 Å². The van der Waals surface area contributed by atoms with Gasteiger partial charge >= 0.3 is 5.97 Å². The topological polar surface area (TPSA) is 77.8 Å². The second kappa shape index (κ2) is 7.68. The number of rotatable bonds is 6. The summed E-state index contributed by atoms with van der Waals surface area (Å²) >= 11 is 0. The molecule has 0 atom stereocenters. The van der Waals surface area contributed by atoms with E-state index in [0.717, 1.165) is 12.8 Å². The summed E-state index contributed by atoms with van der Waals surface area (Å²) in [6.45, 7) is 4.08. The third kappa shape index (κ3) is 3.42. The molecule has 2 rings (SSSR count). The highest BCUT2D eigenvalue weighted by molar-refractivity contribution is 5.97. The van der Waals surface area contributed by atoms with Crippen molar-refractivity contribution in [1.82, 2.24) is 4.57 Å². The van der Waals surface area contributed by atoms with Crippen molar-refractivity contribution >= 4 is 16.9 Å². The third-order valence-corrected chi connectivity index (χ3v) is 3.62. The van der Waals surface area contributed by atoms with E-state index >= 15 is 0 Å². The Morgan fingerprint density at radius 3 is 2.79 bits per heavy atom. The van der Waals surface area contributed by atoms with E-state index in [1.54, 1.807) is 32.2 Å². The number of allylic oxidation sites excluding steroid dienone is 1. The van der Waals surface area contributed by atoms with Crippen LogP contribution in [0.2, 0.25) is 0 Å². The quantitative estimate of drug-likeness (QED) is 0.500. The van der Waals surface area contributed by atoms with Crippen LogP contribution < -0.4 is 10.3 Å². The Hall–Kier alpha value is -2.76. The number of hydrogen-bond donors (Lipinski definition) is 1. The molecule has 128 valence electrons. The first kappa shape index (κ1) is 17.6. The highest BCUT2D eigenvalue weighted by atomic mass is 16.5. The molecule has 6 nitrogen and oxygen atoms in total. The average Bonchev–Trinajstić information content (AvgIpc) is 2.60. The number of nitrogens with zero attached hydrogens (tertiary/aromatic N) is 1. The van der Waals surface area contributed by atoms with Crippen LogP contribution in [0.25, 0.3) is 10.9 Å². The molecule has 0 unspecified atom stereocenters. The second-order valence-corrected chi connectivity index (χ2v) is 5.35. The number of fused-ring (bicyclic) bond motifs is 1. The molecular formula is C18H21NO5. The summed E-state index contributed by atoms with van der Waals surface area (Å²) in [5.74, 6) is -0.904. The van der Waals surface area contributed by atoms with Crippen molar-refractivity contribution in [3.8, 4) is 11.5 Å². The van der Waals surface area contributed by atoms with Gasteiger partial charge in [-0.05, 0) is 31.5 Å². The number of unbranched alkanes of at least 4 members (excludes halogenated alkanes) is 1. The van der Waals surface area contributed by atoms with Crippen LogP contribution in [0.15, 0.2) is 35.3 Å². The normalized spacial score (nSPS) is 11.1. The number of carbonyl (C=O) groups is 1. The van der Waals surface area contributed by atoms with Crippen LogP contribution in [0.5, 0.6) is 11.5 Å². The highest BCUT2D eigenvalue weighted by Crippen LogP contribution is 2.32. The van der Waals surface area contributed by atoms with Gasteiger partial charge in [-0.15, -0.1) is 0 Å². The van der Waals surface area contributed by atoms with Gasteiger partial charge in [-0.2, -0.15) is 0 Å². The molecule has 0 fully saturated rings. The van der Waals surface area contributed by atoms with Crippen LogP contribution in [0.1, 0.15) is 37.0 Å². The second-order valence-electron chi connectivity index (χ2n) is 5.35. The van der Waals surface area contributed by atoms with Crippen LogP contribution in [0.4, 0.5) is 0 Å². The lowest BCUT2D eigenvalue weighted by Gasteiger charge is -2.13. The largest absolute Gasteiger partial charge is 0.504 e. The molecule has 0 aliphatic rings. The van der Waals surface area contributed by atoms with Crippen molar-refractivity contribution in [3.05, 3.63) is 46.5 Å². The predicted octanol–water partition coefficient (Wildman–Crippen LogP) is 3.11. The lowest BCUT2D eigenvalue weighted by Crippen LogP contribution is -2.20. The average molecular weight is 331 g/mol. The zero-order valence-corrected chi connectivity index (χ0v) is 14.0. The van der Waals surface area contributed by atoms with Gasteiger partial charge < -0.3 is 19.1 Å². The minimum atomic E-state index is -0.545. The summed E-state index contributed by atoms with van der Waals surface area (Å²) in [6.07, 6.45) is 4.57. The van der Waals surface area contributed by atoms with Crippen LogP contribution in [-0.4, -0.2) is 22.2 Å². The predicted molar refractivity (Wildman–Crippen MR) is 91.5 cm³/mol. The van der Waals surface area contributed by atoms with Crippen molar-refractivity contribution < 1.29 is 19.4 Å². The lowest BCUT2D eigenvalue weighted by molar-refractivity contribution is 0.0663. The van der Waals surface area contributed by atoms with Crippen molar-refractivity contribution in [1.29, 1.82) is 0 Å². The molecule has 0 aliphatic heterocycles. The summed E-state index contributed by atoms with van der Waals surface area (Å²) in [4.78, 5) is 24.3. The Labute approximate surface area is 139 Å². The number of aryl methyl sites for hydroxylation is 1. The van der Waals surface area contributed by atoms with Crippen molar-refractivity contribution in [2.75, 3.05) is 6.61 Å². The standard InChI is InChI=1S/C18H21NO5/c1-4-6-10-23-16-15(20)13-11-12(18(22)24-9-5-2)7-8-14(13)19(3)17(16)21/h5,7-9,11,20H,4,6,10H2,1-3H3. The molecule has 0 aliphatic carbocycles. The molecule has 0 amide bonds. The van der Waals surface area contributed by atoms with Crippen LogP contribution in [0, 0.1) is 0 Å². The first-order valence-electron chi connectivity index (χ1n) is 7.81. The number of benzene rings is 1. The summed E-state index contributed by atoms with van der Waals surface area (Å²) in [5.41, 5.74) is 0.359. The van der Waals surface area contributed by atoms with Gasteiger partial charge in [0.05, 0.1) is 23.9 Å². The number of aromatic nitrogens is 1. The van der Waals surface area contributed by atoms with E-state index in [1.807, 2.05) is 6.92 Å². The Balaban J connectivity index is 2.53. The first-order valence-corrected chi connectivity index (χ1v) is 7.81. The minimum absolute atomic E-state index is 0.0996. The SMILES string of the molecule is CC=COC(=O)c1ccc2c(c1)c(O)c(OCCCC)c(=O)n2C. The molecule has 0 bridgehead atoms. The Bertz CT molecular complexity index is 835. The molecule has 0 saturated carbocycles. The van der Waals surface area contributed by atoms with Crippen LogP contribution in [-0.2, 0) is 11.8 Å². The smallest absolute Gasteiger partial charge is 0.342 e. The molecule has 2 aromatic rings. The summed E-state index contributed by atoms with van der Waals surface area (Å²) < 4.78 is 11.8. The maximum Gasteiger partial charge on any atom is 0.342 e. The van der Waals surface area contributed by atoms with Gasteiger partial charge in [0.25, 0.3) is 5.56 Å². The minimum Gasteiger partial charge on any atom is -0.504 e. The van der Waals surface area contributed by atoms with Crippen molar-refractivity contribution in [2.45, 2.75) is 26.7 Å². The van der Waals surface area contributed by atoms with Crippen molar-refractivity contribution in [2.24, 2.45) is 7.05 Å². The van der Waals surface area contributed by atoms with E-state index in [1.165, 1.54) is 16.9 Å². The lowest BCUT2D eigenvalue weighted by atomic mass is 10.1. The van der Waals surface area contributed by atoms with Gasteiger partial charge in [0, 0.05) is 12.4 Å². The fraction of sp³-hybridized carbons (Fsp3) is 0.333. The number of aromatic hydroxyl groups is 1. The zero-order chi connectivity index (χ0) is 17.7. The van der Waals surface area contributed by atoms with Gasteiger partial charge in [0.15, 0.2) is 5.75 Å². The first-order chi connectivity index (χ1) is 11.5. The van der Waals surface area contributed by atoms with E-state index in [-0.39, 0.29) is 17.1 Å². The highest BCUT2D eigenvalue weighted by Gasteiger charge is 2.18. The molecule has 1 N–H and O–H groups in total. The molecule has 0 saturated heterocycles. The number of ether oxygens (including phenoxy) is 2. The van der Waals surface area contributed by atoms with Crippen molar-refractivity contribution in [3.63, 3.8) is 0 Å². The Morgan fingerprint density at radius 2 is 2.12 bits per heavy atom. The molecule has 0 spiro atoms. The van der Waals surface area contributed by atoms with E-state index in [0.29, 0.717) is 17.5 Å². The van der Waals surface area contributed by atoms with E-state index in [9.17, 15) is 14.7 Å². The fourth-order valence-electron chi connectivity index (χ4n) is 2.28. The molecule has 1 aromatic heterocycles. The molecule has 0 radical (unpaired) electrons. The summed E-state index contributed by atoms with van der Waals surface area (Å²) in [6, 6.07) is 4.63. The number of carbonyl (C=O) groups excluding carboxylic acids is 1. The maximum absolute atomic E-state index is 12.3. The van der Waals surface area contributed by atoms with Crippen LogP contribution >= 0.6 is 0 Å². The Morgan fingerprint density at radius 1 is 1.38 bits per heavy atom. The third-order valence-electron chi connectivity index (χ3n) is 3.62. The van der Waals surface area contributed by atoms with Crippen LogP contribution in [0.3, 0.4) is 0 Å². The van der Waals surface area contributed by atoms with E-state index in [4.69, 9.17) is 9.47 Å². The van der Waals surface area contributed by atoms with Gasteiger partial charge in [-0.25, -0.2) is 4.79 Å².